The third-order valence-electron chi connectivity index (χ3n) is 4.48. The number of carbonyl (C=O) groups excluding carboxylic acids is 1. The molecule has 2 aromatic carbocycles. The number of benzene rings is 2. The van der Waals surface area contributed by atoms with Crippen molar-refractivity contribution in [1.29, 1.82) is 0 Å². The summed E-state index contributed by atoms with van der Waals surface area (Å²) >= 11 is 1.48. The van der Waals surface area contributed by atoms with E-state index >= 15 is 0 Å². The highest BCUT2D eigenvalue weighted by Crippen LogP contribution is 2.29. The summed E-state index contributed by atoms with van der Waals surface area (Å²) in [6.07, 6.45) is 0. The molecule has 0 saturated heterocycles. The van der Waals surface area contributed by atoms with Crippen molar-refractivity contribution in [3.8, 4) is 11.5 Å². The Labute approximate surface area is 196 Å². The van der Waals surface area contributed by atoms with Crippen molar-refractivity contribution < 1.29 is 27.4 Å². The van der Waals surface area contributed by atoms with Gasteiger partial charge in [-0.05, 0) is 49.4 Å². The van der Waals surface area contributed by atoms with E-state index in [1.54, 1.807) is 30.6 Å². The summed E-state index contributed by atoms with van der Waals surface area (Å²) in [6, 6.07) is 10.4. The molecule has 0 spiro atoms. The third-order valence-corrected chi connectivity index (χ3v) is 6.72. The van der Waals surface area contributed by atoms with Gasteiger partial charge in [0.2, 0.25) is 10.0 Å². The predicted molar refractivity (Wildman–Crippen MR) is 125 cm³/mol. The molecule has 0 fully saturated rings. The highest BCUT2D eigenvalue weighted by molar-refractivity contribution is 7.89. The number of carbonyl (C=O) groups is 1. The zero-order valence-electron chi connectivity index (χ0n) is 18.4. The molecule has 3 aromatic rings. The van der Waals surface area contributed by atoms with Crippen LogP contribution >= 0.6 is 11.3 Å². The molecule has 33 heavy (non-hydrogen) atoms. The first kappa shape index (κ1) is 24.6. The number of nitrogens with one attached hydrogen (secondary N) is 2. The number of nitrogens with zero attached hydrogens (tertiary/aromatic N) is 1. The molecule has 1 aromatic heterocycles. The SMILES string of the molecule is COCC(C)NS(=O)(=O)c1ccc(NC(=O)c2ccc(OCc3cscn3)c(OC)c2)cc1. The molecule has 9 nitrogen and oxygen atoms in total. The molecule has 0 aliphatic rings. The molecule has 3 rings (SSSR count). The summed E-state index contributed by atoms with van der Waals surface area (Å²) in [7, 11) is -0.697. The molecule has 0 aliphatic heterocycles. The summed E-state index contributed by atoms with van der Waals surface area (Å²) in [5.74, 6) is 0.532. The minimum atomic E-state index is -3.69. The van der Waals surface area contributed by atoms with Crippen LogP contribution in [0.3, 0.4) is 0 Å². The van der Waals surface area contributed by atoms with Crippen LogP contribution in [0.5, 0.6) is 11.5 Å². The number of ether oxygens (including phenoxy) is 3. The number of methoxy groups -OCH3 is 2. The lowest BCUT2D eigenvalue weighted by atomic mass is 10.2. The number of amides is 1. The number of hydrogen-bond donors (Lipinski definition) is 2. The van der Waals surface area contributed by atoms with E-state index in [1.807, 2.05) is 5.38 Å². The molecule has 1 heterocycles. The van der Waals surface area contributed by atoms with Gasteiger partial charge in [-0.2, -0.15) is 0 Å². The number of sulfonamides is 1. The van der Waals surface area contributed by atoms with Gasteiger partial charge >= 0.3 is 0 Å². The predicted octanol–water partition coefficient (Wildman–Crippen LogP) is 3.30. The van der Waals surface area contributed by atoms with E-state index in [-0.39, 0.29) is 23.5 Å². The molecule has 176 valence electrons. The van der Waals surface area contributed by atoms with E-state index in [4.69, 9.17) is 14.2 Å². The Balaban J connectivity index is 1.65. The van der Waals surface area contributed by atoms with Gasteiger partial charge in [-0.15, -0.1) is 11.3 Å². The molecule has 11 heteroatoms. The lowest BCUT2D eigenvalue weighted by molar-refractivity contribution is 0.102. The summed E-state index contributed by atoms with van der Waals surface area (Å²) in [5, 5.41) is 4.63. The number of rotatable bonds is 11. The van der Waals surface area contributed by atoms with Crippen molar-refractivity contribution in [2.24, 2.45) is 0 Å². The monoisotopic (exact) mass is 491 g/mol. The fourth-order valence-corrected chi connectivity index (χ4v) is 4.70. The van der Waals surface area contributed by atoms with Crippen molar-refractivity contribution in [3.63, 3.8) is 0 Å². The van der Waals surface area contributed by atoms with E-state index in [2.05, 4.69) is 15.0 Å². The minimum absolute atomic E-state index is 0.0896. The Bertz CT molecular complexity index is 1170. The van der Waals surface area contributed by atoms with Gasteiger partial charge < -0.3 is 19.5 Å². The maximum Gasteiger partial charge on any atom is 0.255 e. The molecular formula is C22H25N3O6S2. The van der Waals surface area contributed by atoms with Crippen molar-refractivity contribution in [2.45, 2.75) is 24.5 Å². The number of anilines is 1. The molecule has 0 aliphatic carbocycles. The van der Waals surface area contributed by atoms with Gasteiger partial charge in [0.25, 0.3) is 5.91 Å². The molecule has 1 amide bonds. The summed E-state index contributed by atoms with van der Waals surface area (Å²) in [4.78, 5) is 16.9. The molecule has 0 bridgehead atoms. The molecule has 0 saturated carbocycles. The van der Waals surface area contributed by atoms with Gasteiger partial charge in [-0.1, -0.05) is 0 Å². The van der Waals surface area contributed by atoms with E-state index in [1.165, 1.54) is 49.8 Å². The number of hydrogen-bond acceptors (Lipinski definition) is 8. The second-order valence-electron chi connectivity index (χ2n) is 7.09. The van der Waals surface area contributed by atoms with Crippen LogP contribution in [0.2, 0.25) is 0 Å². The highest BCUT2D eigenvalue weighted by atomic mass is 32.2. The lowest BCUT2D eigenvalue weighted by Crippen LogP contribution is -2.35. The molecule has 1 atom stereocenters. The smallest absolute Gasteiger partial charge is 0.255 e. The maximum absolute atomic E-state index is 12.7. The fraction of sp³-hybridized carbons (Fsp3) is 0.273. The summed E-state index contributed by atoms with van der Waals surface area (Å²) in [6.45, 7) is 2.25. The van der Waals surface area contributed by atoms with Gasteiger partial charge in [0.05, 0.1) is 29.8 Å². The minimum Gasteiger partial charge on any atom is -0.493 e. The summed E-state index contributed by atoms with van der Waals surface area (Å²) in [5.41, 5.74) is 3.34. The van der Waals surface area contributed by atoms with Gasteiger partial charge in [0.1, 0.15) is 6.61 Å². The van der Waals surface area contributed by atoms with Crippen molar-refractivity contribution in [3.05, 3.63) is 64.6 Å². The fourth-order valence-electron chi connectivity index (χ4n) is 2.93. The topological polar surface area (TPSA) is 116 Å². The average molecular weight is 492 g/mol. The first-order valence-corrected chi connectivity index (χ1v) is 12.4. The highest BCUT2D eigenvalue weighted by Gasteiger charge is 2.18. The zero-order chi connectivity index (χ0) is 23.8. The van der Waals surface area contributed by atoms with E-state index in [0.29, 0.717) is 29.4 Å². The van der Waals surface area contributed by atoms with E-state index < -0.39 is 10.0 Å². The molecule has 1 unspecified atom stereocenters. The lowest BCUT2D eigenvalue weighted by Gasteiger charge is -2.14. The molecule has 0 radical (unpaired) electrons. The van der Waals surface area contributed by atoms with Gasteiger partial charge in [0, 0.05) is 29.8 Å². The van der Waals surface area contributed by atoms with Crippen molar-refractivity contribution in [2.75, 3.05) is 26.1 Å². The molecular weight excluding hydrogens is 466 g/mol. The first-order valence-electron chi connectivity index (χ1n) is 9.93. The van der Waals surface area contributed by atoms with Crippen LogP contribution in [0, 0.1) is 0 Å². The Morgan fingerprint density at radius 2 is 1.88 bits per heavy atom. The Hall–Kier alpha value is -2.99. The third kappa shape index (κ3) is 6.75. The van der Waals surface area contributed by atoms with Gasteiger partial charge in [-0.25, -0.2) is 18.1 Å². The second-order valence-corrected chi connectivity index (χ2v) is 9.52. The molecule has 2 N–H and O–H groups in total. The standard InChI is InChI=1S/C22H25N3O6S2/c1-15(11-29-2)25-33(27,28)19-7-5-17(6-8-19)24-22(26)16-4-9-20(21(10-16)30-3)31-12-18-13-32-14-23-18/h4-10,13-15,25H,11-12H2,1-3H3,(H,24,26). The zero-order valence-corrected chi connectivity index (χ0v) is 20.0. The van der Waals surface area contributed by atoms with Crippen LogP contribution in [0.4, 0.5) is 5.69 Å². The van der Waals surface area contributed by atoms with Crippen LogP contribution < -0.4 is 19.5 Å². The van der Waals surface area contributed by atoms with Gasteiger partial charge in [-0.3, -0.25) is 4.79 Å². The van der Waals surface area contributed by atoms with Crippen LogP contribution in [0.25, 0.3) is 0 Å². The number of aromatic nitrogens is 1. The average Bonchev–Trinajstić information content (AvgIpc) is 3.31. The van der Waals surface area contributed by atoms with Crippen molar-refractivity contribution >= 4 is 33.0 Å². The van der Waals surface area contributed by atoms with E-state index in [0.717, 1.165) is 5.69 Å². The summed E-state index contributed by atoms with van der Waals surface area (Å²) < 4.78 is 43.4. The number of thiazole rings is 1. The van der Waals surface area contributed by atoms with Crippen LogP contribution in [0.1, 0.15) is 23.0 Å². The first-order chi connectivity index (χ1) is 15.8. The van der Waals surface area contributed by atoms with E-state index in [9.17, 15) is 13.2 Å². The maximum atomic E-state index is 12.7. The van der Waals surface area contributed by atoms with Gasteiger partial charge in [0.15, 0.2) is 11.5 Å². The van der Waals surface area contributed by atoms with Crippen LogP contribution in [-0.4, -0.2) is 46.2 Å². The normalized spacial score (nSPS) is 12.2. The van der Waals surface area contributed by atoms with Crippen LogP contribution in [0.15, 0.2) is 58.3 Å². The Morgan fingerprint density at radius 1 is 1.12 bits per heavy atom. The van der Waals surface area contributed by atoms with Crippen molar-refractivity contribution in [1.82, 2.24) is 9.71 Å². The van der Waals surface area contributed by atoms with Crippen LogP contribution in [-0.2, 0) is 21.4 Å². The largest absolute Gasteiger partial charge is 0.493 e. The Morgan fingerprint density at radius 3 is 2.52 bits per heavy atom. The quantitative estimate of drug-likeness (QED) is 0.423. The Kier molecular flexibility index (Phi) is 8.39. The second kappa shape index (κ2) is 11.2.